The highest BCUT2D eigenvalue weighted by atomic mass is 32.1. The minimum absolute atomic E-state index is 0.145. The molecule has 3 rings (SSSR count). The second-order valence-corrected chi connectivity index (χ2v) is 6.87. The Labute approximate surface area is 171 Å². The Morgan fingerprint density at radius 1 is 1.14 bits per heavy atom. The van der Waals surface area contributed by atoms with Crippen molar-refractivity contribution in [2.45, 2.75) is 6.92 Å². The molecule has 0 radical (unpaired) electrons. The lowest BCUT2D eigenvalue weighted by molar-refractivity contribution is -0.114. The molecule has 1 aromatic heterocycles. The van der Waals surface area contributed by atoms with Gasteiger partial charge in [-0.05, 0) is 42.0 Å². The van der Waals surface area contributed by atoms with Crippen LogP contribution in [0.1, 0.15) is 12.5 Å². The van der Waals surface area contributed by atoms with Gasteiger partial charge in [-0.3, -0.25) is 14.9 Å². The van der Waals surface area contributed by atoms with E-state index in [-0.39, 0.29) is 17.6 Å². The summed E-state index contributed by atoms with van der Waals surface area (Å²) in [6.45, 7) is 1.44. The summed E-state index contributed by atoms with van der Waals surface area (Å²) >= 11 is 1.25. The zero-order chi connectivity index (χ0) is 20.8. The van der Waals surface area contributed by atoms with Gasteiger partial charge in [0, 0.05) is 29.6 Å². The SMILES string of the molecule is COc1ccc(-c2csc(NC(=O)C=Cc3ccc(NC(C)=O)cc3)n2)cc1F. The monoisotopic (exact) mass is 411 g/mol. The van der Waals surface area contributed by atoms with E-state index in [1.165, 1.54) is 43.6 Å². The van der Waals surface area contributed by atoms with Crippen molar-refractivity contribution in [1.82, 2.24) is 4.98 Å². The van der Waals surface area contributed by atoms with E-state index < -0.39 is 5.82 Å². The van der Waals surface area contributed by atoms with Gasteiger partial charge in [0.15, 0.2) is 16.7 Å². The molecule has 29 heavy (non-hydrogen) atoms. The number of amides is 2. The molecule has 0 unspecified atom stereocenters. The number of methoxy groups -OCH3 is 1. The number of rotatable bonds is 6. The van der Waals surface area contributed by atoms with Crippen LogP contribution in [-0.4, -0.2) is 23.9 Å². The second-order valence-electron chi connectivity index (χ2n) is 6.01. The third-order valence-electron chi connectivity index (χ3n) is 3.84. The number of halogens is 1. The Bertz CT molecular complexity index is 1060. The maximum absolute atomic E-state index is 13.9. The van der Waals surface area contributed by atoms with Gasteiger partial charge >= 0.3 is 0 Å². The van der Waals surface area contributed by atoms with Gasteiger partial charge < -0.3 is 10.1 Å². The molecule has 0 saturated heterocycles. The number of nitrogens with zero attached hydrogens (tertiary/aromatic N) is 1. The third kappa shape index (κ3) is 5.49. The third-order valence-corrected chi connectivity index (χ3v) is 4.60. The predicted octanol–water partition coefficient (Wildman–Crippen LogP) is 4.57. The first-order valence-electron chi connectivity index (χ1n) is 8.61. The number of hydrogen-bond acceptors (Lipinski definition) is 5. The number of nitrogens with one attached hydrogen (secondary N) is 2. The van der Waals surface area contributed by atoms with E-state index in [9.17, 15) is 14.0 Å². The van der Waals surface area contributed by atoms with Crippen molar-refractivity contribution in [2.75, 3.05) is 17.7 Å². The van der Waals surface area contributed by atoms with Gasteiger partial charge in [0.05, 0.1) is 12.8 Å². The summed E-state index contributed by atoms with van der Waals surface area (Å²) in [7, 11) is 1.40. The van der Waals surface area contributed by atoms with E-state index in [1.807, 2.05) is 0 Å². The summed E-state index contributed by atoms with van der Waals surface area (Å²) in [5, 5.41) is 7.51. The average molecular weight is 411 g/mol. The van der Waals surface area contributed by atoms with E-state index in [0.717, 1.165) is 5.56 Å². The molecule has 0 bridgehead atoms. The molecular weight excluding hydrogens is 393 g/mol. The molecule has 0 aliphatic heterocycles. The standard InChI is InChI=1S/C21H18FN3O3S/c1-13(26)23-16-7-3-14(4-8-16)5-10-20(27)25-21-24-18(12-29-21)15-6-9-19(28-2)17(22)11-15/h3-12H,1-2H3,(H,23,26)(H,24,25,27). The van der Waals surface area contributed by atoms with E-state index >= 15 is 0 Å². The topological polar surface area (TPSA) is 80.3 Å². The Morgan fingerprint density at radius 3 is 2.55 bits per heavy atom. The summed E-state index contributed by atoms with van der Waals surface area (Å²) in [6, 6.07) is 11.6. The van der Waals surface area contributed by atoms with Crippen LogP contribution >= 0.6 is 11.3 Å². The smallest absolute Gasteiger partial charge is 0.250 e. The fourth-order valence-electron chi connectivity index (χ4n) is 2.49. The molecule has 0 aliphatic rings. The van der Waals surface area contributed by atoms with Crippen molar-refractivity contribution in [1.29, 1.82) is 0 Å². The van der Waals surface area contributed by atoms with Crippen LogP contribution in [-0.2, 0) is 9.59 Å². The molecule has 148 valence electrons. The Morgan fingerprint density at radius 2 is 1.90 bits per heavy atom. The molecule has 6 nitrogen and oxygen atoms in total. The van der Waals surface area contributed by atoms with Crippen LogP contribution in [0.5, 0.6) is 5.75 Å². The second kappa shape index (κ2) is 9.11. The van der Waals surface area contributed by atoms with E-state index in [2.05, 4.69) is 15.6 Å². The quantitative estimate of drug-likeness (QED) is 0.583. The van der Waals surface area contributed by atoms with Crippen molar-refractivity contribution in [3.05, 3.63) is 65.3 Å². The zero-order valence-electron chi connectivity index (χ0n) is 15.7. The number of hydrogen-bond donors (Lipinski definition) is 2. The summed E-state index contributed by atoms with van der Waals surface area (Å²) in [5.41, 5.74) is 2.64. The molecular formula is C21H18FN3O3S. The molecule has 2 aromatic carbocycles. The highest BCUT2D eigenvalue weighted by Crippen LogP contribution is 2.28. The fourth-order valence-corrected chi connectivity index (χ4v) is 3.21. The first-order valence-corrected chi connectivity index (χ1v) is 9.49. The zero-order valence-corrected chi connectivity index (χ0v) is 16.5. The van der Waals surface area contributed by atoms with E-state index in [4.69, 9.17) is 4.74 Å². The average Bonchev–Trinajstić information content (AvgIpc) is 3.15. The highest BCUT2D eigenvalue weighted by molar-refractivity contribution is 7.14. The normalized spacial score (nSPS) is 10.7. The van der Waals surface area contributed by atoms with Crippen LogP contribution in [0, 0.1) is 5.82 Å². The molecule has 0 aliphatic carbocycles. The number of carbonyl (C=O) groups is 2. The van der Waals surface area contributed by atoms with Crippen molar-refractivity contribution in [3.63, 3.8) is 0 Å². The molecule has 0 fully saturated rings. The number of anilines is 2. The summed E-state index contributed by atoms with van der Waals surface area (Å²) in [6.07, 6.45) is 3.04. The summed E-state index contributed by atoms with van der Waals surface area (Å²) in [4.78, 5) is 27.5. The van der Waals surface area contributed by atoms with Crippen LogP contribution < -0.4 is 15.4 Å². The number of carbonyl (C=O) groups excluding carboxylic acids is 2. The van der Waals surface area contributed by atoms with Gasteiger partial charge in [0.2, 0.25) is 11.8 Å². The van der Waals surface area contributed by atoms with Gasteiger partial charge in [-0.1, -0.05) is 12.1 Å². The lowest BCUT2D eigenvalue weighted by Crippen LogP contribution is -2.07. The van der Waals surface area contributed by atoms with Crippen molar-refractivity contribution in [3.8, 4) is 17.0 Å². The van der Waals surface area contributed by atoms with Crippen molar-refractivity contribution < 1.29 is 18.7 Å². The molecule has 1 heterocycles. The maximum atomic E-state index is 13.9. The van der Waals surface area contributed by atoms with E-state index in [1.54, 1.807) is 41.8 Å². The van der Waals surface area contributed by atoms with Gasteiger partial charge in [-0.2, -0.15) is 0 Å². The molecule has 2 amide bonds. The van der Waals surface area contributed by atoms with Gasteiger partial charge in [-0.15, -0.1) is 11.3 Å². The molecule has 2 N–H and O–H groups in total. The first kappa shape index (κ1) is 20.2. The number of aromatic nitrogens is 1. The van der Waals surface area contributed by atoms with Gasteiger partial charge in [-0.25, -0.2) is 9.37 Å². The van der Waals surface area contributed by atoms with Crippen molar-refractivity contribution >= 4 is 40.0 Å². The van der Waals surface area contributed by atoms with Crippen LogP contribution in [0.4, 0.5) is 15.2 Å². The van der Waals surface area contributed by atoms with Crippen LogP contribution in [0.2, 0.25) is 0 Å². The Kier molecular flexibility index (Phi) is 6.36. The minimum Gasteiger partial charge on any atom is -0.494 e. The predicted molar refractivity (Wildman–Crippen MR) is 112 cm³/mol. The number of thiazole rings is 1. The lowest BCUT2D eigenvalue weighted by atomic mass is 10.1. The van der Waals surface area contributed by atoms with Crippen molar-refractivity contribution in [2.24, 2.45) is 0 Å². The summed E-state index contributed by atoms with van der Waals surface area (Å²) in [5.74, 6) is -0.797. The molecule has 0 atom stereocenters. The lowest BCUT2D eigenvalue weighted by Gasteiger charge is -2.03. The largest absolute Gasteiger partial charge is 0.494 e. The number of ether oxygens (including phenoxy) is 1. The van der Waals surface area contributed by atoms with Gasteiger partial charge in [0.25, 0.3) is 0 Å². The molecule has 3 aromatic rings. The van der Waals surface area contributed by atoms with Gasteiger partial charge in [0.1, 0.15) is 0 Å². The first-order chi connectivity index (χ1) is 13.9. The molecule has 0 spiro atoms. The minimum atomic E-state index is -0.476. The van der Waals surface area contributed by atoms with Crippen LogP contribution in [0.3, 0.4) is 0 Å². The van der Waals surface area contributed by atoms with Crippen LogP contribution in [0.25, 0.3) is 17.3 Å². The maximum Gasteiger partial charge on any atom is 0.250 e. The molecule has 8 heteroatoms. The highest BCUT2D eigenvalue weighted by Gasteiger charge is 2.09. The summed E-state index contributed by atoms with van der Waals surface area (Å²) < 4.78 is 18.8. The molecule has 0 saturated carbocycles. The fraction of sp³-hybridized carbons (Fsp3) is 0.0952. The van der Waals surface area contributed by atoms with E-state index in [0.29, 0.717) is 22.1 Å². The number of benzene rings is 2. The Hall–Kier alpha value is -3.52. The van der Waals surface area contributed by atoms with Crippen LogP contribution in [0.15, 0.2) is 53.9 Å². The Balaban J connectivity index is 1.62.